The van der Waals surface area contributed by atoms with Crippen LogP contribution in [0.5, 0.6) is 0 Å². The average Bonchev–Trinajstić information content (AvgIpc) is 2.00. The number of amides is 2. The van der Waals surface area contributed by atoms with Crippen LogP contribution < -0.4 is 11.1 Å². The highest BCUT2D eigenvalue weighted by atomic mass is 32.1. The molecule has 14 heavy (non-hydrogen) atoms. The maximum absolute atomic E-state index is 11.5. The van der Waals surface area contributed by atoms with E-state index < -0.39 is 0 Å². The van der Waals surface area contributed by atoms with E-state index in [0.717, 1.165) is 0 Å². The molecule has 1 saturated heterocycles. The second-order valence-electron chi connectivity index (χ2n) is 3.39. The number of hydrogen-bond donors (Lipinski definition) is 2. The van der Waals surface area contributed by atoms with Crippen molar-refractivity contribution in [1.29, 1.82) is 0 Å². The van der Waals surface area contributed by atoms with Crippen LogP contribution >= 0.6 is 12.2 Å². The van der Waals surface area contributed by atoms with E-state index in [9.17, 15) is 9.59 Å². The van der Waals surface area contributed by atoms with E-state index in [1.54, 1.807) is 0 Å². The molecule has 0 radical (unpaired) electrons. The number of nitrogens with one attached hydrogen (secondary N) is 1. The summed E-state index contributed by atoms with van der Waals surface area (Å²) in [6.45, 7) is 2.47. The molecule has 0 saturated carbocycles. The molecule has 1 aliphatic heterocycles. The summed E-state index contributed by atoms with van der Waals surface area (Å²) >= 11 is 4.63. The van der Waals surface area contributed by atoms with E-state index in [2.05, 4.69) is 17.5 Å². The fourth-order valence-corrected chi connectivity index (χ4v) is 1.51. The fourth-order valence-electron chi connectivity index (χ4n) is 1.39. The summed E-state index contributed by atoms with van der Waals surface area (Å²) in [5.41, 5.74) is 5.25. The molecule has 1 rings (SSSR count). The van der Waals surface area contributed by atoms with E-state index in [1.807, 2.05) is 6.92 Å². The number of nitrogens with two attached hydrogens (primary N) is 1. The Bertz CT molecular complexity index is 280. The summed E-state index contributed by atoms with van der Waals surface area (Å²) in [7, 11) is 0. The number of hydrogen-bond acceptors (Lipinski definition) is 3. The number of thiocarbonyl (C=S) groups is 1. The van der Waals surface area contributed by atoms with Gasteiger partial charge in [0.25, 0.3) is 0 Å². The van der Waals surface area contributed by atoms with Gasteiger partial charge in [0.1, 0.15) is 0 Å². The predicted molar refractivity (Wildman–Crippen MR) is 55.6 cm³/mol. The molecule has 6 heteroatoms. The summed E-state index contributed by atoms with van der Waals surface area (Å²) < 4.78 is 0. The van der Waals surface area contributed by atoms with Crippen LogP contribution in [0.3, 0.4) is 0 Å². The molecule has 0 aliphatic carbocycles. The summed E-state index contributed by atoms with van der Waals surface area (Å²) in [6.07, 6.45) is 0.0370. The molecule has 0 aromatic rings. The van der Waals surface area contributed by atoms with Gasteiger partial charge in [0, 0.05) is 12.6 Å². The lowest BCUT2D eigenvalue weighted by atomic mass is 10.2. The van der Waals surface area contributed by atoms with Crippen LogP contribution in [0, 0.1) is 0 Å². The molecule has 1 unspecified atom stereocenters. The first-order valence-corrected chi connectivity index (χ1v) is 4.75. The van der Waals surface area contributed by atoms with Crippen LogP contribution in [0.1, 0.15) is 13.3 Å². The third-order valence-corrected chi connectivity index (χ3v) is 2.06. The molecular formula is C8H13N3O2S. The van der Waals surface area contributed by atoms with E-state index in [0.29, 0.717) is 6.54 Å². The maximum atomic E-state index is 11.5. The van der Waals surface area contributed by atoms with Gasteiger partial charge in [-0.05, 0) is 6.92 Å². The number of carbonyl (C=O) groups excluding carboxylic acids is 2. The first-order chi connectivity index (χ1) is 6.49. The van der Waals surface area contributed by atoms with Gasteiger partial charge in [0.15, 0.2) is 0 Å². The smallest absolute Gasteiger partial charge is 0.239 e. The lowest BCUT2D eigenvalue weighted by Gasteiger charge is -2.31. The highest BCUT2D eigenvalue weighted by Gasteiger charge is 2.25. The molecule has 1 heterocycles. The summed E-state index contributed by atoms with van der Waals surface area (Å²) in [5, 5.41) is 2.72. The van der Waals surface area contributed by atoms with E-state index in [4.69, 9.17) is 5.73 Å². The van der Waals surface area contributed by atoms with Crippen molar-refractivity contribution < 1.29 is 9.59 Å². The third-order valence-electron chi connectivity index (χ3n) is 1.91. The van der Waals surface area contributed by atoms with Crippen LogP contribution in [0.25, 0.3) is 0 Å². The van der Waals surface area contributed by atoms with E-state index in [1.165, 1.54) is 4.90 Å². The fraction of sp³-hybridized carbons (Fsp3) is 0.625. The van der Waals surface area contributed by atoms with Gasteiger partial charge in [-0.3, -0.25) is 9.59 Å². The monoisotopic (exact) mass is 215 g/mol. The average molecular weight is 215 g/mol. The van der Waals surface area contributed by atoms with Gasteiger partial charge in [-0.15, -0.1) is 0 Å². The van der Waals surface area contributed by atoms with Gasteiger partial charge in [0.05, 0.1) is 18.0 Å². The second kappa shape index (κ2) is 4.36. The molecule has 0 aromatic heterocycles. The van der Waals surface area contributed by atoms with Crippen LogP contribution in [0.4, 0.5) is 0 Å². The van der Waals surface area contributed by atoms with Crippen molar-refractivity contribution in [2.24, 2.45) is 5.73 Å². The molecule has 1 atom stereocenters. The normalized spacial score (nSPS) is 21.6. The van der Waals surface area contributed by atoms with Crippen molar-refractivity contribution in [2.75, 3.05) is 13.1 Å². The van der Waals surface area contributed by atoms with Crippen LogP contribution in [-0.4, -0.2) is 40.8 Å². The van der Waals surface area contributed by atoms with Gasteiger partial charge >= 0.3 is 0 Å². The number of nitrogens with zero attached hydrogens (tertiary/aromatic N) is 1. The van der Waals surface area contributed by atoms with Gasteiger partial charge in [-0.25, -0.2) is 0 Å². The van der Waals surface area contributed by atoms with Gasteiger partial charge in [0.2, 0.25) is 11.8 Å². The standard InChI is InChI=1S/C8H13N3O2S/c1-5-3-11(4-7(12)10-5)8(13)2-6(9)14/h5H,2-4H2,1H3,(H2,9,14)(H,10,12). The number of carbonyl (C=O) groups is 2. The minimum atomic E-state index is -0.181. The molecular weight excluding hydrogens is 202 g/mol. The van der Waals surface area contributed by atoms with E-state index in [-0.39, 0.29) is 35.8 Å². The Morgan fingerprint density at radius 3 is 2.93 bits per heavy atom. The maximum Gasteiger partial charge on any atom is 0.239 e. The Labute approximate surface area is 87.6 Å². The molecule has 1 fully saturated rings. The first-order valence-electron chi connectivity index (χ1n) is 4.34. The van der Waals surface area contributed by atoms with Crippen molar-refractivity contribution in [3.8, 4) is 0 Å². The Balaban J connectivity index is 2.54. The summed E-state index contributed by atoms with van der Waals surface area (Å²) in [4.78, 5) is 24.2. The Morgan fingerprint density at radius 2 is 2.43 bits per heavy atom. The lowest BCUT2D eigenvalue weighted by molar-refractivity contribution is -0.138. The summed E-state index contributed by atoms with van der Waals surface area (Å²) in [5.74, 6) is -0.320. The third kappa shape index (κ3) is 2.95. The largest absolute Gasteiger partial charge is 0.393 e. The highest BCUT2D eigenvalue weighted by Crippen LogP contribution is 2.02. The Kier molecular flexibility index (Phi) is 3.40. The van der Waals surface area contributed by atoms with Crippen LogP contribution in [0.2, 0.25) is 0 Å². The van der Waals surface area contributed by atoms with Gasteiger partial charge in [-0.1, -0.05) is 12.2 Å². The van der Waals surface area contributed by atoms with Crippen molar-refractivity contribution in [3.05, 3.63) is 0 Å². The van der Waals surface area contributed by atoms with Gasteiger partial charge < -0.3 is 16.0 Å². The summed E-state index contributed by atoms with van der Waals surface area (Å²) in [6, 6.07) is -0.00783. The Morgan fingerprint density at radius 1 is 1.79 bits per heavy atom. The first kappa shape index (κ1) is 10.9. The minimum absolute atomic E-state index is 0.00783. The second-order valence-corrected chi connectivity index (χ2v) is 3.91. The molecule has 2 amide bonds. The van der Waals surface area contributed by atoms with Gasteiger partial charge in [-0.2, -0.15) is 0 Å². The predicted octanol–water partition coefficient (Wildman–Crippen LogP) is -0.990. The molecule has 0 aromatic carbocycles. The van der Waals surface area contributed by atoms with Crippen LogP contribution in [-0.2, 0) is 9.59 Å². The van der Waals surface area contributed by atoms with Crippen molar-refractivity contribution in [2.45, 2.75) is 19.4 Å². The van der Waals surface area contributed by atoms with Crippen molar-refractivity contribution in [3.63, 3.8) is 0 Å². The minimum Gasteiger partial charge on any atom is -0.393 e. The number of piperazine rings is 1. The molecule has 0 bridgehead atoms. The van der Waals surface area contributed by atoms with Crippen molar-refractivity contribution >= 4 is 29.0 Å². The SMILES string of the molecule is CC1CN(C(=O)CC(N)=S)CC(=O)N1. The highest BCUT2D eigenvalue weighted by molar-refractivity contribution is 7.80. The molecule has 0 spiro atoms. The number of rotatable bonds is 2. The molecule has 3 N–H and O–H groups in total. The molecule has 1 aliphatic rings. The zero-order chi connectivity index (χ0) is 10.7. The Hall–Kier alpha value is -1.17. The van der Waals surface area contributed by atoms with Crippen LogP contribution in [0.15, 0.2) is 0 Å². The topological polar surface area (TPSA) is 75.4 Å². The van der Waals surface area contributed by atoms with Crippen molar-refractivity contribution in [1.82, 2.24) is 10.2 Å². The lowest BCUT2D eigenvalue weighted by Crippen LogP contribution is -2.54. The zero-order valence-corrected chi connectivity index (χ0v) is 8.76. The quantitative estimate of drug-likeness (QED) is 0.580. The zero-order valence-electron chi connectivity index (χ0n) is 7.95. The molecule has 5 nitrogen and oxygen atoms in total. The molecule has 78 valence electrons. The van der Waals surface area contributed by atoms with E-state index >= 15 is 0 Å².